The number of nitrogens with zero attached hydrogens (tertiary/aromatic N) is 3. The zero-order valence-corrected chi connectivity index (χ0v) is 19.7. The van der Waals surface area contributed by atoms with Crippen molar-refractivity contribution in [2.75, 3.05) is 26.2 Å². The van der Waals surface area contributed by atoms with Crippen LogP contribution in [0, 0.1) is 0 Å². The lowest BCUT2D eigenvalue weighted by Gasteiger charge is -2.32. The van der Waals surface area contributed by atoms with Gasteiger partial charge in [-0.25, -0.2) is 4.98 Å². The van der Waals surface area contributed by atoms with Gasteiger partial charge in [0.1, 0.15) is 5.82 Å². The fraction of sp³-hybridized carbons (Fsp3) is 0.429. The van der Waals surface area contributed by atoms with Gasteiger partial charge in [0.15, 0.2) is 0 Å². The van der Waals surface area contributed by atoms with E-state index in [1.807, 2.05) is 24.4 Å². The molecule has 0 spiro atoms. The van der Waals surface area contributed by atoms with E-state index in [4.69, 9.17) is 0 Å². The van der Waals surface area contributed by atoms with Crippen LogP contribution in [-0.2, 0) is 13.1 Å². The number of H-pyrrole nitrogens is 1. The van der Waals surface area contributed by atoms with Crippen molar-refractivity contribution in [1.29, 1.82) is 0 Å². The van der Waals surface area contributed by atoms with E-state index in [1.54, 1.807) is 0 Å². The first-order chi connectivity index (χ1) is 16.7. The van der Waals surface area contributed by atoms with Gasteiger partial charge in [-0.15, -0.1) is 0 Å². The second-order valence-electron chi connectivity index (χ2n) is 10.0. The average Bonchev–Trinajstić information content (AvgIpc) is 3.50. The van der Waals surface area contributed by atoms with Gasteiger partial charge >= 0.3 is 0 Å². The van der Waals surface area contributed by atoms with Crippen LogP contribution >= 0.6 is 0 Å². The van der Waals surface area contributed by atoms with Crippen LogP contribution in [0.1, 0.15) is 58.8 Å². The number of amides is 1. The summed E-state index contributed by atoms with van der Waals surface area (Å²) in [4.78, 5) is 25.7. The van der Waals surface area contributed by atoms with Crippen LogP contribution < -0.4 is 5.32 Å². The lowest BCUT2D eigenvalue weighted by Crippen LogP contribution is -2.46. The van der Waals surface area contributed by atoms with Gasteiger partial charge < -0.3 is 15.2 Å². The first-order valence-electron chi connectivity index (χ1n) is 12.7. The van der Waals surface area contributed by atoms with E-state index >= 15 is 0 Å². The topological polar surface area (TPSA) is 64.3 Å². The Hall–Kier alpha value is -2.96. The van der Waals surface area contributed by atoms with Crippen LogP contribution in [-0.4, -0.2) is 57.9 Å². The summed E-state index contributed by atoms with van der Waals surface area (Å²) in [6.07, 6.45) is 6.55. The average molecular weight is 456 g/mol. The minimum absolute atomic E-state index is 0.222. The van der Waals surface area contributed by atoms with E-state index in [2.05, 4.69) is 55.4 Å². The molecule has 2 N–H and O–H groups in total. The molecule has 1 aromatic heterocycles. The highest BCUT2D eigenvalue weighted by atomic mass is 16.2. The normalized spacial score (nSPS) is 21.7. The SMILES string of the molecule is O=C1c2ccc(C3CCN(Cc4cnc(-c5ccccc5)[nH]4)CC3)cc2CN1C1CCCNC1. The molecule has 3 aliphatic rings. The molecule has 2 saturated heterocycles. The van der Waals surface area contributed by atoms with E-state index in [0.717, 1.165) is 81.9 Å². The third kappa shape index (κ3) is 4.28. The fourth-order valence-corrected chi connectivity index (χ4v) is 5.86. The number of likely N-dealkylation sites (tertiary alicyclic amines) is 1. The fourth-order valence-electron chi connectivity index (χ4n) is 5.86. The molecule has 0 aliphatic carbocycles. The second-order valence-corrected chi connectivity index (χ2v) is 10.0. The van der Waals surface area contributed by atoms with E-state index in [1.165, 1.54) is 16.8 Å². The van der Waals surface area contributed by atoms with Crippen molar-refractivity contribution < 1.29 is 4.79 Å². The van der Waals surface area contributed by atoms with Crippen LogP contribution in [0.2, 0.25) is 0 Å². The van der Waals surface area contributed by atoms with Gasteiger partial charge in [-0.2, -0.15) is 0 Å². The first-order valence-corrected chi connectivity index (χ1v) is 12.7. The molecule has 6 heteroatoms. The highest BCUT2D eigenvalue weighted by Crippen LogP contribution is 2.33. The van der Waals surface area contributed by atoms with Gasteiger partial charge in [0.05, 0.1) is 0 Å². The molecule has 2 fully saturated rings. The van der Waals surface area contributed by atoms with E-state index in [-0.39, 0.29) is 5.91 Å². The molecule has 6 nitrogen and oxygen atoms in total. The highest BCUT2D eigenvalue weighted by molar-refractivity contribution is 5.98. The zero-order chi connectivity index (χ0) is 22.9. The largest absolute Gasteiger partial charge is 0.341 e. The number of hydrogen-bond acceptors (Lipinski definition) is 4. The zero-order valence-electron chi connectivity index (χ0n) is 19.7. The Balaban J connectivity index is 1.06. The summed E-state index contributed by atoms with van der Waals surface area (Å²) in [5.41, 5.74) is 5.84. The molecule has 0 saturated carbocycles. The van der Waals surface area contributed by atoms with Gasteiger partial charge in [0, 0.05) is 48.7 Å². The van der Waals surface area contributed by atoms with Gasteiger partial charge in [-0.1, -0.05) is 42.5 Å². The third-order valence-electron chi connectivity index (χ3n) is 7.80. The Kier molecular flexibility index (Phi) is 5.93. The molecule has 0 radical (unpaired) electrons. The molecule has 176 valence electrons. The number of carbonyl (C=O) groups excluding carboxylic acids is 1. The molecule has 2 aromatic carbocycles. The monoisotopic (exact) mass is 455 g/mol. The Morgan fingerprint density at radius 1 is 1.03 bits per heavy atom. The molecule has 1 amide bonds. The van der Waals surface area contributed by atoms with Gasteiger partial charge in [-0.05, 0) is 68.4 Å². The Morgan fingerprint density at radius 3 is 2.68 bits per heavy atom. The number of aromatic amines is 1. The summed E-state index contributed by atoms with van der Waals surface area (Å²) in [5.74, 6) is 1.74. The summed E-state index contributed by atoms with van der Waals surface area (Å²) >= 11 is 0. The minimum atomic E-state index is 0.222. The Bertz CT molecular complexity index is 1140. The lowest BCUT2D eigenvalue weighted by molar-refractivity contribution is 0.0674. The Labute approximate surface area is 201 Å². The van der Waals surface area contributed by atoms with Crippen LogP contribution in [0.25, 0.3) is 11.4 Å². The number of piperidine rings is 2. The summed E-state index contributed by atoms with van der Waals surface area (Å²) < 4.78 is 0. The molecule has 1 unspecified atom stereocenters. The maximum absolute atomic E-state index is 13.0. The molecule has 1 atom stereocenters. The lowest BCUT2D eigenvalue weighted by atomic mass is 9.88. The van der Waals surface area contributed by atoms with Crippen molar-refractivity contribution in [3.8, 4) is 11.4 Å². The van der Waals surface area contributed by atoms with E-state index < -0.39 is 0 Å². The predicted octanol–water partition coefficient (Wildman–Crippen LogP) is 4.16. The van der Waals surface area contributed by atoms with Crippen molar-refractivity contribution in [3.05, 3.63) is 77.1 Å². The number of rotatable bonds is 5. The number of fused-ring (bicyclic) bond motifs is 1. The van der Waals surface area contributed by atoms with Crippen molar-refractivity contribution in [2.45, 2.75) is 50.7 Å². The molecule has 3 aromatic rings. The summed E-state index contributed by atoms with van der Waals surface area (Å²) in [6.45, 7) is 5.85. The number of carbonyl (C=O) groups is 1. The van der Waals surface area contributed by atoms with Gasteiger partial charge in [0.2, 0.25) is 0 Å². The van der Waals surface area contributed by atoms with Crippen molar-refractivity contribution >= 4 is 5.91 Å². The maximum Gasteiger partial charge on any atom is 0.254 e. The number of imidazole rings is 1. The molecule has 3 aliphatic heterocycles. The smallest absolute Gasteiger partial charge is 0.254 e. The summed E-state index contributed by atoms with van der Waals surface area (Å²) in [5, 5.41) is 3.45. The van der Waals surface area contributed by atoms with Crippen LogP contribution in [0.3, 0.4) is 0 Å². The number of hydrogen-bond donors (Lipinski definition) is 2. The second kappa shape index (κ2) is 9.35. The van der Waals surface area contributed by atoms with Crippen LogP contribution in [0.15, 0.2) is 54.7 Å². The highest BCUT2D eigenvalue weighted by Gasteiger charge is 2.34. The number of benzene rings is 2. The summed E-state index contributed by atoms with van der Waals surface area (Å²) in [7, 11) is 0. The van der Waals surface area contributed by atoms with Crippen LogP contribution in [0.5, 0.6) is 0 Å². The van der Waals surface area contributed by atoms with Crippen molar-refractivity contribution in [1.82, 2.24) is 25.1 Å². The van der Waals surface area contributed by atoms with Crippen molar-refractivity contribution in [2.24, 2.45) is 0 Å². The van der Waals surface area contributed by atoms with E-state index in [9.17, 15) is 4.79 Å². The number of nitrogens with one attached hydrogen (secondary N) is 2. The summed E-state index contributed by atoms with van der Waals surface area (Å²) in [6, 6.07) is 17.2. The predicted molar refractivity (Wildman–Crippen MR) is 133 cm³/mol. The molecule has 0 bridgehead atoms. The van der Waals surface area contributed by atoms with Crippen LogP contribution in [0.4, 0.5) is 0 Å². The molecular weight excluding hydrogens is 422 g/mol. The Morgan fingerprint density at radius 2 is 1.88 bits per heavy atom. The van der Waals surface area contributed by atoms with Crippen molar-refractivity contribution in [3.63, 3.8) is 0 Å². The third-order valence-corrected chi connectivity index (χ3v) is 7.80. The first kappa shape index (κ1) is 21.6. The molecule has 34 heavy (non-hydrogen) atoms. The number of aromatic nitrogens is 2. The van der Waals surface area contributed by atoms with Gasteiger partial charge in [0.25, 0.3) is 5.91 Å². The molecule has 4 heterocycles. The minimum Gasteiger partial charge on any atom is -0.341 e. The van der Waals surface area contributed by atoms with Gasteiger partial charge in [-0.3, -0.25) is 9.69 Å². The quantitative estimate of drug-likeness (QED) is 0.606. The molecular formula is C28H33N5O. The molecule has 6 rings (SSSR count). The standard InChI is InChI=1S/C28H33N5O/c34-28-26-9-8-22(15-23(26)18-33(28)25-7-4-12-29-17-25)20-10-13-32(14-11-20)19-24-16-30-27(31-24)21-5-2-1-3-6-21/h1-3,5-6,8-9,15-16,20,25,29H,4,7,10-14,17-19H2,(H,30,31). The maximum atomic E-state index is 13.0. The van der Waals surface area contributed by atoms with E-state index in [0.29, 0.717) is 12.0 Å².